The Morgan fingerprint density at radius 1 is 1.03 bits per heavy atom. The molecule has 0 aliphatic carbocycles. The molecule has 0 radical (unpaired) electrons. The molecular weight excluding hydrogens is 498 g/mol. The zero-order chi connectivity index (χ0) is 27.5. The largest absolute Gasteiger partial charge is 0.386 e. The van der Waals surface area contributed by atoms with Gasteiger partial charge in [-0.1, -0.05) is 12.1 Å². The second kappa shape index (κ2) is 9.54. The third-order valence-corrected chi connectivity index (χ3v) is 8.01. The highest BCUT2D eigenvalue weighted by Crippen LogP contribution is 2.43. The van der Waals surface area contributed by atoms with Gasteiger partial charge in [0.1, 0.15) is 11.6 Å². The fourth-order valence-electron chi connectivity index (χ4n) is 6.05. The molecule has 0 spiro atoms. The lowest BCUT2D eigenvalue weighted by molar-refractivity contribution is 0.0548. The number of aromatic nitrogens is 4. The Kier molecular flexibility index (Phi) is 6.27. The van der Waals surface area contributed by atoms with Crippen molar-refractivity contribution in [2.24, 2.45) is 13.0 Å². The zero-order valence-corrected chi connectivity index (χ0v) is 22.6. The van der Waals surface area contributed by atoms with Crippen LogP contribution in [0.2, 0.25) is 0 Å². The maximum Gasteiger partial charge on any atom is 0.128 e. The van der Waals surface area contributed by atoms with E-state index in [-0.39, 0.29) is 5.92 Å². The molecule has 0 bridgehead atoms. The molecular formula is C31H32F2N4O2. The van der Waals surface area contributed by atoms with Crippen LogP contribution < -0.4 is 0 Å². The third kappa shape index (κ3) is 4.41. The molecule has 4 heterocycles. The summed E-state index contributed by atoms with van der Waals surface area (Å²) >= 11 is 0. The van der Waals surface area contributed by atoms with Gasteiger partial charge in [-0.25, -0.2) is 13.8 Å². The average Bonchev–Trinajstić information content (AvgIpc) is 3.42. The topological polar surface area (TPSA) is 65.1 Å². The molecule has 5 aromatic rings. The van der Waals surface area contributed by atoms with Crippen LogP contribution in [0.25, 0.3) is 33.2 Å². The quantitative estimate of drug-likeness (QED) is 0.285. The van der Waals surface area contributed by atoms with Crippen LogP contribution in [-0.4, -0.2) is 37.4 Å². The molecule has 1 unspecified atom stereocenters. The molecule has 1 fully saturated rings. The minimum Gasteiger partial charge on any atom is -0.386 e. The third-order valence-electron chi connectivity index (χ3n) is 8.01. The number of pyridine rings is 1. The highest BCUT2D eigenvalue weighted by atomic mass is 19.1. The van der Waals surface area contributed by atoms with E-state index in [0.29, 0.717) is 31.6 Å². The lowest BCUT2D eigenvalue weighted by atomic mass is 9.86. The van der Waals surface area contributed by atoms with Crippen molar-refractivity contribution in [3.8, 4) is 11.3 Å². The number of hydrogen-bond acceptors (Lipinski definition) is 4. The molecule has 8 heteroatoms. The minimum absolute atomic E-state index is 0.00161. The Bertz CT molecular complexity index is 1670. The van der Waals surface area contributed by atoms with Crippen LogP contribution in [0.15, 0.2) is 55.0 Å². The summed E-state index contributed by atoms with van der Waals surface area (Å²) in [6.07, 6.45) is 5.03. The van der Waals surface area contributed by atoms with Gasteiger partial charge in [0, 0.05) is 43.0 Å². The lowest BCUT2D eigenvalue weighted by Crippen LogP contribution is -2.28. The van der Waals surface area contributed by atoms with Gasteiger partial charge in [0.05, 0.1) is 45.9 Å². The van der Waals surface area contributed by atoms with Crippen LogP contribution >= 0.6 is 0 Å². The fourth-order valence-corrected chi connectivity index (χ4v) is 6.05. The van der Waals surface area contributed by atoms with Gasteiger partial charge in [-0.3, -0.25) is 4.98 Å². The van der Waals surface area contributed by atoms with Crippen molar-refractivity contribution in [2.75, 3.05) is 13.2 Å². The van der Waals surface area contributed by atoms with E-state index in [2.05, 4.69) is 15.6 Å². The number of aryl methyl sites for hydroxylation is 2. The summed E-state index contributed by atoms with van der Waals surface area (Å²) in [5.41, 5.74) is 5.05. The summed E-state index contributed by atoms with van der Waals surface area (Å²) in [4.78, 5) is 9.35. The molecule has 0 saturated carbocycles. The molecule has 6 rings (SSSR count). The summed E-state index contributed by atoms with van der Waals surface area (Å²) < 4.78 is 39.9. The van der Waals surface area contributed by atoms with Crippen molar-refractivity contribution in [3.63, 3.8) is 0 Å². The van der Waals surface area contributed by atoms with Crippen LogP contribution in [0.5, 0.6) is 0 Å². The van der Waals surface area contributed by atoms with E-state index < -0.39 is 23.3 Å². The van der Waals surface area contributed by atoms with Crippen LogP contribution in [0.4, 0.5) is 8.78 Å². The average molecular weight is 531 g/mol. The van der Waals surface area contributed by atoms with Crippen LogP contribution in [0.1, 0.15) is 49.6 Å². The van der Waals surface area contributed by atoms with Gasteiger partial charge in [0.25, 0.3) is 0 Å². The molecule has 1 aliphatic rings. The number of imidazole rings is 1. The standard InChI is InChI=1S/C31H32F2N4O2/c1-18-29(36(4)17-35-18)20-13-27-28(34-16-20)23-7-5-21(31(2,3)38)14-26(23)37(27)30(19-9-11-39-12-10-19)24-15-22(32)6-8-25(24)33/h5-8,13-17,19,30,38H,9-12H2,1-4H3. The van der Waals surface area contributed by atoms with Crippen LogP contribution in [0.3, 0.4) is 0 Å². The summed E-state index contributed by atoms with van der Waals surface area (Å²) in [5, 5.41) is 11.8. The molecule has 1 N–H and O–H groups in total. The van der Waals surface area contributed by atoms with E-state index in [9.17, 15) is 9.50 Å². The van der Waals surface area contributed by atoms with Crippen molar-refractivity contribution in [3.05, 3.63) is 83.4 Å². The number of nitrogens with zero attached hydrogens (tertiary/aromatic N) is 4. The number of halogens is 2. The molecule has 3 aromatic heterocycles. The second-order valence-electron chi connectivity index (χ2n) is 11.1. The van der Waals surface area contributed by atoms with E-state index in [1.54, 1.807) is 20.2 Å². The van der Waals surface area contributed by atoms with E-state index in [1.807, 2.05) is 42.9 Å². The highest BCUT2D eigenvalue weighted by Gasteiger charge is 2.33. The first-order valence-electron chi connectivity index (χ1n) is 13.3. The van der Waals surface area contributed by atoms with Crippen molar-refractivity contribution < 1.29 is 18.6 Å². The molecule has 202 valence electrons. The first-order valence-corrected chi connectivity index (χ1v) is 13.3. The van der Waals surface area contributed by atoms with Gasteiger partial charge in [0.2, 0.25) is 0 Å². The predicted molar refractivity (Wildman–Crippen MR) is 147 cm³/mol. The lowest BCUT2D eigenvalue weighted by Gasteiger charge is -2.33. The zero-order valence-electron chi connectivity index (χ0n) is 22.6. The van der Waals surface area contributed by atoms with Crippen LogP contribution in [0, 0.1) is 24.5 Å². The van der Waals surface area contributed by atoms with E-state index >= 15 is 4.39 Å². The van der Waals surface area contributed by atoms with E-state index in [1.165, 1.54) is 12.1 Å². The summed E-state index contributed by atoms with van der Waals surface area (Å²) in [7, 11) is 1.94. The van der Waals surface area contributed by atoms with Crippen LogP contribution in [-0.2, 0) is 17.4 Å². The molecule has 1 saturated heterocycles. The van der Waals surface area contributed by atoms with Gasteiger partial charge in [-0.2, -0.15) is 0 Å². The Labute approximate surface area is 225 Å². The monoisotopic (exact) mass is 530 g/mol. The molecule has 1 atom stereocenters. The molecule has 1 aliphatic heterocycles. The van der Waals surface area contributed by atoms with Crippen molar-refractivity contribution >= 4 is 21.9 Å². The number of fused-ring (bicyclic) bond motifs is 3. The van der Waals surface area contributed by atoms with E-state index in [4.69, 9.17) is 9.72 Å². The number of rotatable bonds is 5. The normalized spacial score (nSPS) is 15.9. The van der Waals surface area contributed by atoms with Gasteiger partial charge >= 0.3 is 0 Å². The SMILES string of the molecule is Cc1ncn(C)c1-c1cnc2c3ccc(C(C)(C)O)cc3n(C(c3cc(F)ccc3F)C3CCOCC3)c2c1. The summed E-state index contributed by atoms with van der Waals surface area (Å²) in [5.74, 6) is -0.930. The maximum atomic E-state index is 15.6. The number of hydrogen-bond donors (Lipinski definition) is 1. The first kappa shape index (κ1) is 25.6. The Morgan fingerprint density at radius 2 is 1.79 bits per heavy atom. The summed E-state index contributed by atoms with van der Waals surface area (Å²) in [6.45, 7) is 6.55. The Balaban J connectivity index is 1.72. The Morgan fingerprint density at radius 3 is 2.49 bits per heavy atom. The molecule has 39 heavy (non-hydrogen) atoms. The maximum absolute atomic E-state index is 15.6. The molecule has 2 aromatic carbocycles. The number of ether oxygens (including phenoxy) is 1. The first-order chi connectivity index (χ1) is 18.6. The van der Waals surface area contributed by atoms with Gasteiger partial charge in [0.15, 0.2) is 0 Å². The minimum atomic E-state index is -1.09. The predicted octanol–water partition coefficient (Wildman–Crippen LogP) is 6.42. The summed E-state index contributed by atoms with van der Waals surface area (Å²) in [6, 6.07) is 11.1. The van der Waals surface area contributed by atoms with E-state index in [0.717, 1.165) is 50.5 Å². The van der Waals surface area contributed by atoms with Crippen molar-refractivity contribution in [2.45, 2.75) is 45.3 Å². The number of benzene rings is 2. The fraction of sp³-hybridized carbons (Fsp3) is 0.355. The molecule has 6 nitrogen and oxygen atoms in total. The highest BCUT2D eigenvalue weighted by molar-refractivity contribution is 6.07. The second-order valence-corrected chi connectivity index (χ2v) is 11.1. The molecule has 0 amide bonds. The number of aliphatic hydroxyl groups is 1. The van der Waals surface area contributed by atoms with Gasteiger partial charge in [-0.15, -0.1) is 0 Å². The Hall–Kier alpha value is -3.62. The van der Waals surface area contributed by atoms with Crippen molar-refractivity contribution in [1.82, 2.24) is 19.1 Å². The van der Waals surface area contributed by atoms with Gasteiger partial charge in [-0.05, 0) is 75.4 Å². The smallest absolute Gasteiger partial charge is 0.128 e. The van der Waals surface area contributed by atoms with Crippen molar-refractivity contribution in [1.29, 1.82) is 0 Å². The van der Waals surface area contributed by atoms with Gasteiger partial charge < -0.3 is 19.0 Å².